The Kier molecular flexibility index (Phi) is 7.55. The van der Waals surface area contributed by atoms with Crippen LogP contribution in [0.1, 0.15) is 43.9 Å². The van der Waals surface area contributed by atoms with E-state index in [4.69, 9.17) is 19.4 Å². The van der Waals surface area contributed by atoms with Crippen molar-refractivity contribution in [2.45, 2.75) is 44.2 Å². The van der Waals surface area contributed by atoms with Gasteiger partial charge < -0.3 is 20.1 Å². The second-order valence-corrected chi connectivity index (χ2v) is 11.3. The zero-order valence-electron chi connectivity index (χ0n) is 22.2. The van der Waals surface area contributed by atoms with Gasteiger partial charge in [0.1, 0.15) is 41.1 Å². The molecular weight excluding hydrogens is 537 g/mol. The van der Waals surface area contributed by atoms with E-state index in [9.17, 15) is 18.1 Å². The third-order valence-corrected chi connectivity index (χ3v) is 7.54. The zero-order chi connectivity index (χ0) is 28.4. The molecule has 208 valence electrons. The molecule has 1 aliphatic rings. The average molecular weight is 566 g/mol. The van der Waals surface area contributed by atoms with Crippen LogP contribution in [0.2, 0.25) is 0 Å². The Bertz CT molecular complexity index is 1730. The lowest BCUT2D eigenvalue weighted by molar-refractivity contribution is -0.0308. The number of nitrogens with zero attached hydrogens (tertiary/aromatic N) is 5. The van der Waals surface area contributed by atoms with E-state index >= 15 is 0 Å². The average Bonchev–Trinajstić information content (AvgIpc) is 3.26. The molecule has 1 fully saturated rings. The first-order chi connectivity index (χ1) is 19.2. The van der Waals surface area contributed by atoms with Gasteiger partial charge in [-0.15, -0.1) is 0 Å². The molecule has 1 aromatic carbocycles. The van der Waals surface area contributed by atoms with Crippen molar-refractivity contribution in [2.24, 2.45) is 0 Å². The smallest absolute Gasteiger partial charge is 0.184 e. The number of pyridine rings is 2. The number of ether oxygens (including phenoxy) is 2. The van der Waals surface area contributed by atoms with Gasteiger partial charge >= 0.3 is 0 Å². The Morgan fingerprint density at radius 1 is 1.12 bits per heavy atom. The molecule has 0 bridgehead atoms. The highest BCUT2D eigenvalue weighted by molar-refractivity contribution is 7.90. The third kappa shape index (κ3) is 5.54. The second-order valence-electron chi connectivity index (χ2n) is 9.33. The van der Waals surface area contributed by atoms with Crippen LogP contribution in [-0.4, -0.2) is 47.4 Å². The monoisotopic (exact) mass is 565 g/mol. The van der Waals surface area contributed by atoms with Gasteiger partial charge in [-0.2, -0.15) is 5.26 Å². The lowest BCUT2D eigenvalue weighted by Gasteiger charge is -2.25. The van der Waals surface area contributed by atoms with E-state index in [1.807, 2.05) is 24.5 Å². The van der Waals surface area contributed by atoms with Gasteiger partial charge in [-0.1, -0.05) is 0 Å². The fraction of sp³-hybridized carbons (Fsp3) is 0.333. The van der Waals surface area contributed by atoms with E-state index < -0.39 is 15.7 Å². The molecule has 0 saturated carbocycles. The minimum absolute atomic E-state index is 0.117. The van der Waals surface area contributed by atoms with E-state index in [0.717, 1.165) is 31.6 Å². The second kappa shape index (κ2) is 11.1. The maximum absolute atomic E-state index is 14.0. The van der Waals surface area contributed by atoms with E-state index in [-0.39, 0.29) is 22.5 Å². The molecule has 1 aliphatic heterocycles. The number of benzene rings is 1. The minimum Gasteiger partial charge on any atom is -0.491 e. The molecule has 4 heterocycles. The number of nitriles is 1. The maximum Gasteiger partial charge on any atom is 0.184 e. The highest BCUT2D eigenvalue weighted by Crippen LogP contribution is 2.35. The maximum atomic E-state index is 14.0. The van der Waals surface area contributed by atoms with Crippen LogP contribution in [0.3, 0.4) is 0 Å². The SMILES string of the molecule is CCOc1ccc(Nc2cc(Nc3ccc(F)cc3S(C)(=O)=O)c3nc(C)n(C4CCCCO4)c3n2)nc1C#N. The normalized spacial score (nSPS) is 15.5. The van der Waals surface area contributed by atoms with Crippen molar-refractivity contribution in [1.29, 1.82) is 5.26 Å². The van der Waals surface area contributed by atoms with Crippen molar-refractivity contribution >= 4 is 44.0 Å². The number of fused-ring (bicyclic) bond motifs is 1. The largest absolute Gasteiger partial charge is 0.491 e. The van der Waals surface area contributed by atoms with E-state index in [1.165, 1.54) is 12.1 Å². The molecule has 2 N–H and O–H groups in total. The molecule has 0 radical (unpaired) electrons. The first kappa shape index (κ1) is 27.3. The zero-order valence-corrected chi connectivity index (χ0v) is 23.0. The number of aromatic nitrogens is 4. The quantitative estimate of drug-likeness (QED) is 0.295. The van der Waals surface area contributed by atoms with Crippen molar-refractivity contribution in [3.05, 3.63) is 53.7 Å². The highest BCUT2D eigenvalue weighted by Gasteiger charge is 2.24. The van der Waals surface area contributed by atoms with Gasteiger partial charge in [-0.05, 0) is 63.4 Å². The molecular formula is C27H28FN7O4S. The predicted octanol–water partition coefficient (Wildman–Crippen LogP) is 5.13. The van der Waals surface area contributed by atoms with Crippen LogP contribution in [0.25, 0.3) is 11.2 Å². The van der Waals surface area contributed by atoms with Gasteiger partial charge in [-0.3, -0.25) is 4.57 Å². The Morgan fingerprint density at radius 2 is 1.95 bits per heavy atom. The van der Waals surface area contributed by atoms with Crippen LogP contribution in [0.5, 0.6) is 5.75 Å². The summed E-state index contributed by atoms with van der Waals surface area (Å²) in [6, 6.07) is 10.5. The third-order valence-electron chi connectivity index (χ3n) is 6.40. The van der Waals surface area contributed by atoms with Crippen LogP contribution in [0.4, 0.5) is 27.4 Å². The van der Waals surface area contributed by atoms with Gasteiger partial charge in [0.05, 0.1) is 22.9 Å². The van der Waals surface area contributed by atoms with Gasteiger partial charge in [0.2, 0.25) is 0 Å². The Labute approximate surface area is 230 Å². The van der Waals surface area contributed by atoms with Crippen molar-refractivity contribution in [3.63, 3.8) is 0 Å². The number of hydrogen-bond acceptors (Lipinski definition) is 10. The van der Waals surface area contributed by atoms with Crippen LogP contribution < -0.4 is 15.4 Å². The number of aryl methyl sites for hydroxylation is 1. The molecule has 0 amide bonds. The fourth-order valence-electron chi connectivity index (χ4n) is 4.65. The molecule has 5 rings (SSSR count). The molecule has 1 saturated heterocycles. The number of nitrogens with one attached hydrogen (secondary N) is 2. The molecule has 1 unspecified atom stereocenters. The van der Waals surface area contributed by atoms with Crippen LogP contribution >= 0.6 is 0 Å². The Balaban J connectivity index is 1.64. The number of rotatable bonds is 8. The van der Waals surface area contributed by atoms with Gasteiger partial charge in [0, 0.05) is 18.9 Å². The van der Waals surface area contributed by atoms with Crippen molar-refractivity contribution < 1.29 is 22.3 Å². The number of hydrogen-bond donors (Lipinski definition) is 2. The molecule has 0 spiro atoms. The molecule has 3 aromatic heterocycles. The number of anilines is 4. The van der Waals surface area contributed by atoms with E-state index in [1.54, 1.807) is 18.2 Å². The Hall–Kier alpha value is -4.28. The number of sulfone groups is 1. The fourth-order valence-corrected chi connectivity index (χ4v) is 5.50. The van der Waals surface area contributed by atoms with Crippen molar-refractivity contribution in [2.75, 3.05) is 30.1 Å². The summed E-state index contributed by atoms with van der Waals surface area (Å²) in [5, 5.41) is 15.8. The van der Waals surface area contributed by atoms with Crippen LogP contribution in [0.15, 0.2) is 41.3 Å². The van der Waals surface area contributed by atoms with E-state index in [0.29, 0.717) is 53.3 Å². The molecule has 40 heavy (non-hydrogen) atoms. The first-order valence-corrected chi connectivity index (χ1v) is 14.7. The summed E-state index contributed by atoms with van der Waals surface area (Å²) in [5.74, 6) is 1.08. The van der Waals surface area contributed by atoms with Gasteiger partial charge in [0.25, 0.3) is 0 Å². The summed E-state index contributed by atoms with van der Waals surface area (Å²) < 4.78 is 52.3. The van der Waals surface area contributed by atoms with Crippen molar-refractivity contribution in [1.82, 2.24) is 19.5 Å². The highest BCUT2D eigenvalue weighted by atomic mass is 32.2. The summed E-state index contributed by atoms with van der Waals surface area (Å²) in [6.07, 6.45) is 3.51. The predicted molar refractivity (Wildman–Crippen MR) is 147 cm³/mol. The minimum atomic E-state index is -3.76. The molecule has 0 aliphatic carbocycles. The van der Waals surface area contributed by atoms with Crippen LogP contribution in [0, 0.1) is 24.1 Å². The Morgan fingerprint density at radius 3 is 2.65 bits per heavy atom. The lowest BCUT2D eigenvalue weighted by Crippen LogP contribution is -2.19. The first-order valence-electron chi connectivity index (χ1n) is 12.8. The topological polar surface area (TPSA) is 144 Å². The molecule has 4 aromatic rings. The lowest BCUT2D eigenvalue weighted by atomic mass is 10.2. The molecule has 1 atom stereocenters. The summed E-state index contributed by atoms with van der Waals surface area (Å²) >= 11 is 0. The van der Waals surface area contributed by atoms with Gasteiger partial charge in [0.15, 0.2) is 26.9 Å². The molecule has 11 nitrogen and oxygen atoms in total. The number of imidazole rings is 1. The standard InChI is InChI=1S/C27H28FN7O4S/c1-4-38-21-10-11-23(32-20(21)15-29)33-24-14-19(31-18-9-8-17(28)13-22(18)40(3,36)37)26-27(34-24)35(16(2)30-26)25-7-5-6-12-39-25/h8-11,13-14,25H,4-7,12H2,1-3H3,(H2,31,32,33,34). The summed E-state index contributed by atoms with van der Waals surface area (Å²) in [5.41, 5.74) is 1.74. The number of halogens is 1. The molecule has 13 heteroatoms. The van der Waals surface area contributed by atoms with Gasteiger partial charge in [-0.25, -0.2) is 27.8 Å². The van der Waals surface area contributed by atoms with Crippen LogP contribution in [-0.2, 0) is 14.6 Å². The summed E-state index contributed by atoms with van der Waals surface area (Å²) in [6.45, 7) is 4.68. The van der Waals surface area contributed by atoms with E-state index in [2.05, 4.69) is 15.6 Å². The summed E-state index contributed by atoms with van der Waals surface area (Å²) in [4.78, 5) is 13.7. The summed E-state index contributed by atoms with van der Waals surface area (Å²) in [7, 11) is -3.76. The van der Waals surface area contributed by atoms with Crippen molar-refractivity contribution in [3.8, 4) is 11.8 Å².